The van der Waals surface area contributed by atoms with Gasteiger partial charge in [-0.2, -0.15) is 0 Å². The van der Waals surface area contributed by atoms with E-state index in [2.05, 4.69) is 25.3 Å². The lowest BCUT2D eigenvalue weighted by Crippen LogP contribution is -2.17. The smallest absolute Gasteiger partial charge is 0.203 e. The Labute approximate surface area is 101 Å². The van der Waals surface area contributed by atoms with Crippen molar-refractivity contribution in [3.8, 4) is 11.4 Å². The maximum Gasteiger partial charge on any atom is 0.203 e. The second kappa shape index (κ2) is 5.45. The lowest BCUT2D eigenvalue weighted by Gasteiger charge is -2.07. The van der Waals surface area contributed by atoms with Crippen LogP contribution in [0.1, 0.15) is 5.82 Å². The largest absolute Gasteiger partial charge is 0.309 e. The van der Waals surface area contributed by atoms with Gasteiger partial charge < -0.3 is 4.90 Å². The zero-order valence-corrected chi connectivity index (χ0v) is 10.0. The van der Waals surface area contributed by atoms with E-state index in [-0.39, 0.29) is 0 Å². The molecule has 0 radical (unpaired) electrons. The molecule has 88 valence electrons. The van der Waals surface area contributed by atoms with Crippen LogP contribution >= 0.6 is 0 Å². The first-order chi connectivity index (χ1) is 8.25. The van der Waals surface area contributed by atoms with Crippen molar-refractivity contribution < 1.29 is 0 Å². The van der Waals surface area contributed by atoms with E-state index in [9.17, 15) is 0 Å². The lowest BCUT2D eigenvalue weighted by atomic mass is 10.2. The molecule has 0 unspecified atom stereocenters. The molecule has 0 bridgehead atoms. The maximum absolute atomic E-state index is 4.08. The molecule has 5 nitrogen and oxygen atoms in total. The Kier molecular flexibility index (Phi) is 3.72. The summed E-state index contributed by atoms with van der Waals surface area (Å²) in [4.78, 5) is 2.08. The molecule has 0 fully saturated rings. The molecule has 0 atom stereocenters. The average molecular weight is 229 g/mol. The molecule has 2 rings (SSSR count). The van der Waals surface area contributed by atoms with Crippen LogP contribution in [0.4, 0.5) is 0 Å². The van der Waals surface area contributed by atoms with E-state index in [1.54, 1.807) is 0 Å². The van der Waals surface area contributed by atoms with Gasteiger partial charge in [0.2, 0.25) is 5.82 Å². The minimum atomic E-state index is 0.569. The first-order valence-electron chi connectivity index (χ1n) is 5.52. The highest BCUT2D eigenvalue weighted by Gasteiger charge is 2.03. The molecule has 17 heavy (non-hydrogen) atoms. The van der Waals surface area contributed by atoms with Crippen LogP contribution in [0.5, 0.6) is 0 Å². The monoisotopic (exact) mass is 229 g/mol. The standard InChI is InChI=1S/C12H15N5/c1-17(2)9-8-11-13-15-12(16-14-11)10-6-4-3-5-7-10/h3-7H,8-9H2,1-2H3. The van der Waals surface area contributed by atoms with Crippen molar-refractivity contribution in [2.45, 2.75) is 6.42 Å². The van der Waals surface area contributed by atoms with Gasteiger partial charge in [0, 0.05) is 18.5 Å². The van der Waals surface area contributed by atoms with Gasteiger partial charge >= 0.3 is 0 Å². The van der Waals surface area contributed by atoms with Gasteiger partial charge in [0.25, 0.3) is 0 Å². The molecular weight excluding hydrogens is 214 g/mol. The molecule has 0 amide bonds. The summed E-state index contributed by atoms with van der Waals surface area (Å²) < 4.78 is 0. The number of likely N-dealkylation sites (N-methyl/N-ethyl adjacent to an activating group) is 1. The van der Waals surface area contributed by atoms with Crippen LogP contribution in [-0.2, 0) is 6.42 Å². The van der Waals surface area contributed by atoms with Crippen LogP contribution in [-0.4, -0.2) is 45.9 Å². The normalized spacial score (nSPS) is 10.8. The Balaban J connectivity index is 2.08. The molecular formula is C12H15N5. The maximum atomic E-state index is 4.08. The van der Waals surface area contributed by atoms with Crippen LogP contribution in [0, 0.1) is 0 Å². The highest BCUT2D eigenvalue weighted by atomic mass is 15.3. The van der Waals surface area contributed by atoms with Crippen molar-refractivity contribution in [1.29, 1.82) is 0 Å². The molecule has 1 aromatic heterocycles. The van der Waals surface area contributed by atoms with E-state index in [0.29, 0.717) is 11.6 Å². The van der Waals surface area contributed by atoms with Crippen molar-refractivity contribution in [2.75, 3.05) is 20.6 Å². The summed E-state index contributed by atoms with van der Waals surface area (Å²) in [5.41, 5.74) is 0.937. The summed E-state index contributed by atoms with van der Waals surface area (Å²) in [6.45, 7) is 0.897. The SMILES string of the molecule is CN(C)CCc1nnc(-c2ccccc2)nn1. The fourth-order valence-electron chi connectivity index (χ4n) is 1.38. The van der Waals surface area contributed by atoms with E-state index in [1.807, 2.05) is 44.4 Å². The summed E-state index contributed by atoms with van der Waals surface area (Å²) >= 11 is 0. The molecule has 2 aromatic rings. The topological polar surface area (TPSA) is 54.8 Å². The van der Waals surface area contributed by atoms with Crippen LogP contribution in [0.3, 0.4) is 0 Å². The Morgan fingerprint density at radius 2 is 1.59 bits per heavy atom. The van der Waals surface area contributed by atoms with Gasteiger partial charge in [-0.25, -0.2) is 0 Å². The van der Waals surface area contributed by atoms with Crippen LogP contribution in [0.2, 0.25) is 0 Å². The number of benzene rings is 1. The highest BCUT2D eigenvalue weighted by molar-refractivity contribution is 5.52. The molecule has 0 saturated carbocycles. The molecule has 0 aliphatic carbocycles. The van der Waals surface area contributed by atoms with Crippen molar-refractivity contribution in [3.05, 3.63) is 36.2 Å². The Morgan fingerprint density at radius 3 is 2.18 bits per heavy atom. The fourth-order valence-corrected chi connectivity index (χ4v) is 1.38. The van der Waals surface area contributed by atoms with E-state index < -0.39 is 0 Å². The third-order valence-electron chi connectivity index (χ3n) is 2.33. The minimum absolute atomic E-state index is 0.569. The van der Waals surface area contributed by atoms with Gasteiger partial charge in [-0.1, -0.05) is 30.3 Å². The number of nitrogens with zero attached hydrogens (tertiary/aromatic N) is 5. The van der Waals surface area contributed by atoms with Crippen LogP contribution in [0.15, 0.2) is 30.3 Å². The van der Waals surface area contributed by atoms with Crippen molar-refractivity contribution in [2.24, 2.45) is 0 Å². The van der Waals surface area contributed by atoms with E-state index in [4.69, 9.17) is 0 Å². The summed E-state index contributed by atoms with van der Waals surface area (Å²) in [6.07, 6.45) is 0.766. The molecule has 0 aliphatic rings. The van der Waals surface area contributed by atoms with E-state index in [1.165, 1.54) is 0 Å². The molecule has 0 N–H and O–H groups in total. The van der Waals surface area contributed by atoms with Gasteiger partial charge in [-0.3, -0.25) is 0 Å². The Hall–Kier alpha value is -1.88. The zero-order valence-electron chi connectivity index (χ0n) is 10.0. The second-order valence-electron chi connectivity index (χ2n) is 4.06. The van der Waals surface area contributed by atoms with Crippen LogP contribution in [0.25, 0.3) is 11.4 Å². The number of rotatable bonds is 4. The molecule has 0 saturated heterocycles. The Morgan fingerprint density at radius 1 is 0.941 bits per heavy atom. The summed E-state index contributed by atoms with van der Waals surface area (Å²) in [6, 6.07) is 9.73. The summed E-state index contributed by atoms with van der Waals surface area (Å²) in [7, 11) is 4.03. The highest BCUT2D eigenvalue weighted by Crippen LogP contribution is 2.10. The van der Waals surface area contributed by atoms with Crippen molar-refractivity contribution in [3.63, 3.8) is 0 Å². The Bertz CT molecular complexity index is 452. The van der Waals surface area contributed by atoms with Gasteiger partial charge in [0.15, 0.2) is 5.82 Å². The number of hydrogen-bond donors (Lipinski definition) is 0. The molecule has 1 heterocycles. The summed E-state index contributed by atoms with van der Waals surface area (Å²) in [5, 5.41) is 16.3. The van der Waals surface area contributed by atoms with Gasteiger partial charge in [-0.15, -0.1) is 20.4 Å². The quantitative estimate of drug-likeness (QED) is 0.784. The minimum Gasteiger partial charge on any atom is -0.309 e. The predicted octanol–water partition coefficient (Wildman–Crippen LogP) is 1.04. The predicted molar refractivity (Wildman–Crippen MR) is 65.3 cm³/mol. The average Bonchev–Trinajstić information content (AvgIpc) is 2.38. The van der Waals surface area contributed by atoms with Crippen LogP contribution < -0.4 is 0 Å². The van der Waals surface area contributed by atoms with Gasteiger partial charge in [-0.05, 0) is 14.1 Å². The zero-order chi connectivity index (χ0) is 12.1. The lowest BCUT2D eigenvalue weighted by molar-refractivity contribution is 0.407. The first-order valence-corrected chi connectivity index (χ1v) is 5.52. The molecule has 1 aromatic carbocycles. The van der Waals surface area contributed by atoms with Gasteiger partial charge in [0.05, 0.1) is 0 Å². The fraction of sp³-hybridized carbons (Fsp3) is 0.333. The summed E-state index contributed by atoms with van der Waals surface area (Å²) in [5.74, 6) is 1.25. The molecule has 0 spiro atoms. The third-order valence-corrected chi connectivity index (χ3v) is 2.33. The van der Waals surface area contributed by atoms with Crippen molar-refractivity contribution >= 4 is 0 Å². The van der Waals surface area contributed by atoms with E-state index >= 15 is 0 Å². The number of aromatic nitrogens is 4. The second-order valence-corrected chi connectivity index (χ2v) is 4.06. The number of hydrogen-bond acceptors (Lipinski definition) is 5. The van der Waals surface area contributed by atoms with Crippen molar-refractivity contribution in [1.82, 2.24) is 25.3 Å². The van der Waals surface area contributed by atoms with E-state index in [0.717, 1.165) is 18.5 Å². The molecule has 0 aliphatic heterocycles. The molecule has 5 heteroatoms. The van der Waals surface area contributed by atoms with Gasteiger partial charge in [0.1, 0.15) is 0 Å². The first kappa shape index (κ1) is 11.6. The third kappa shape index (κ3) is 3.29.